The lowest BCUT2D eigenvalue weighted by molar-refractivity contribution is 0.0691. The molecule has 2 aromatic heterocycles. The van der Waals surface area contributed by atoms with Crippen molar-refractivity contribution in [3.05, 3.63) is 77.3 Å². The summed E-state index contributed by atoms with van der Waals surface area (Å²) in [5.41, 5.74) is 2.48. The average molecular weight is 391 g/mol. The molecule has 1 aliphatic rings. The Morgan fingerprint density at radius 1 is 1.24 bits per heavy atom. The number of para-hydroxylation sites is 1. The lowest BCUT2D eigenvalue weighted by Crippen LogP contribution is -2.39. The van der Waals surface area contributed by atoms with Crippen LogP contribution in [0.15, 0.2) is 53.2 Å². The number of pyridine rings is 1. The Kier molecular flexibility index (Phi) is 5.60. The van der Waals surface area contributed by atoms with Crippen molar-refractivity contribution in [1.29, 1.82) is 0 Å². The normalized spacial score (nSPS) is 16.6. The van der Waals surface area contributed by atoms with E-state index in [0.717, 1.165) is 42.0 Å². The number of ether oxygens (including phenoxy) is 1. The SMILES string of the molecule is COc1ccccc1Cc1cnc([C@@H]2CCCN(C(=O)c3ncccc3C)C2)o1. The molecular weight excluding hydrogens is 366 g/mol. The quantitative estimate of drug-likeness (QED) is 0.658. The first-order chi connectivity index (χ1) is 14.2. The fraction of sp³-hybridized carbons (Fsp3) is 0.348. The Morgan fingerprint density at radius 2 is 2.10 bits per heavy atom. The molecule has 0 saturated carbocycles. The van der Waals surface area contributed by atoms with Crippen molar-refractivity contribution in [3.8, 4) is 5.75 Å². The minimum atomic E-state index is -0.0198. The second kappa shape index (κ2) is 8.47. The number of hydrogen-bond acceptors (Lipinski definition) is 5. The van der Waals surface area contributed by atoms with E-state index in [1.165, 1.54) is 0 Å². The summed E-state index contributed by atoms with van der Waals surface area (Å²) in [6.07, 6.45) is 5.96. The second-order valence-electron chi connectivity index (χ2n) is 7.41. The van der Waals surface area contributed by atoms with E-state index < -0.39 is 0 Å². The van der Waals surface area contributed by atoms with Crippen molar-refractivity contribution in [2.75, 3.05) is 20.2 Å². The zero-order chi connectivity index (χ0) is 20.2. The van der Waals surface area contributed by atoms with E-state index in [-0.39, 0.29) is 11.8 Å². The van der Waals surface area contributed by atoms with Crippen LogP contribution in [-0.2, 0) is 6.42 Å². The van der Waals surface area contributed by atoms with Gasteiger partial charge in [0.1, 0.15) is 17.2 Å². The highest BCUT2D eigenvalue weighted by Crippen LogP contribution is 2.29. The number of hydrogen-bond donors (Lipinski definition) is 0. The molecule has 6 heteroatoms. The molecule has 150 valence electrons. The van der Waals surface area contributed by atoms with Crippen LogP contribution in [0.5, 0.6) is 5.75 Å². The molecule has 0 bridgehead atoms. The smallest absolute Gasteiger partial charge is 0.272 e. The molecular formula is C23H25N3O3. The molecule has 1 saturated heterocycles. The first kappa shape index (κ1) is 19.2. The van der Waals surface area contributed by atoms with Crippen LogP contribution in [0.25, 0.3) is 0 Å². The Morgan fingerprint density at radius 3 is 2.93 bits per heavy atom. The molecule has 0 radical (unpaired) electrons. The lowest BCUT2D eigenvalue weighted by atomic mass is 9.97. The number of aromatic nitrogens is 2. The maximum atomic E-state index is 12.9. The molecule has 29 heavy (non-hydrogen) atoms. The molecule has 6 nitrogen and oxygen atoms in total. The minimum absolute atomic E-state index is 0.0198. The summed E-state index contributed by atoms with van der Waals surface area (Å²) in [6.45, 7) is 3.25. The van der Waals surface area contributed by atoms with Gasteiger partial charge in [-0.3, -0.25) is 9.78 Å². The van der Waals surface area contributed by atoms with Crippen LogP contribution < -0.4 is 4.74 Å². The summed E-state index contributed by atoms with van der Waals surface area (Å²) in [5, 5.41) is 0. The topological polar surface area (TPSA) is 68.5 Å². The van der Waals surface area contributed by atoms with Gasteiger partial charge in [0.15, 0.2) is 5.89 Å². The van der Waals surface area contributed by atoms with Crippen LogP contribution in [0.2, 0.25) is 0 Å². The van der Waals surface area contributed by atoms with E-state index in [0.29, 0.717) is 24.6 Å². The monoisotopic (exact) mass is 391 g/mol. The van der Waals surface area contributed by atoms with E-state index >= 15 is 0 Å². The van der Waals surface area contributed by atoms with Crippen LogP contribution in [0.4, 0.5) is 0 Å². The van der Waals surface area contributed by atoms with Crippen molar-refractivity contribution in [3.63, 3.8) is 0 Å². The molecule has 1 amide bonds. The molecule has 0 unspecified atom stereocenters. The van der Waals surface area contributed by atoms with Gasteiger partial charge in [-0.15, -0.1) is 0 Å². The zero-order valence-electron chi connectivity index (χ0n) is 16.8. The molecule has 0 aliphatic carbocycles. The van der Waals surface area contributed by atoms with Gasteiger partial charge in [-0.2, -0.15) is 0 Å². The first-order valence-corrected chi connectivity index (χ1v) is 9.93. The summed E-state index contributed by atoms with van der Waals surface area (Å²) in [4.78, 5) is 23.6. The molecule has 1 atom stereocenters. The number of aryl methyl sites for hydroxylation is 1. The highest BCUT2D eigenvalue weighted by atomic mass is 16.5. The van der Waals surface area contributed by atoms with Gasteiger partial charge >= 0.3 is 0 Å². The molecule has 3 aromatic rings. The van der Waals surface area contributed by atoms with E-state index in [1.807, 2.05) is 48.2 Å². The predicted molar refractivity (Wildman–Crippen MR) is 109 cm³/mol. The van der Waals surface area contributed by atoms with Crippen molar-refractivity contribution in [2.45, 2.75) is 32.1 Å². The minimum Gasteiger partial charge on any atom is -0.496 e. The van der Waals surface area contributed by atoms with E-state index in [2.05, 4.69) is 9.97 Å². The molecule has 1 aromatic carbocycles. The summed E-state index contributed by atoms with van der Waals surface area (Å²) in [5.74, 6) is 2.42. The third-order valence-electron chi connectivity index (χ3n) is 5.40. The van der Waals surface area contributed by atoms with Gasteiger partial charge in [-0.1, -0.05) is 24.3 Å². The Bertz CT molecular complexity index is 998. The van der Waals surface area contributed by atoms with Crippen LogP contribution in [0.3, 0.4) is 0 Å². The number of benzene rings is 1. The van der Waals surface area contributed by atoms with Gasteiger partial charge in [0.2, 0.25) is 0 Å². The number of piperidine rings is 1. The standard InChI is InChI=1S/C23H25N3O3/c1-16-7-5-11-24-21(16)23(27)26-12-6-9-18(15-26)22-25-14-19(29-22)13-17-8-3-4-10-20(17)28-2/h3-5,7-8,10-11,14,18H,6,9,12-13,15H2,1-2H3/t18-/m1/s1. The third kappa shape index (κ3) is 4.16. The third-order valence-corrected chi connectivity index (χ3v) is 5.40. The van der Waals surface area contributed by atoms with Crippen molar-refractivity contribution < 1.29 is 13.9 Å². The van der Waals surface area contributed by atoms with Crippen LogP contribution in [0, 0.1) is 6.92 Å². The Hall–Kier alpha value is -3.15. The highest BCUT2D eigenvalue weighted by Gasteiger charge is 2.29. The number of amides is 1. The number of rotatable bonds is 5. The molecule has 3 heterocycles. The zero-order valence-corrected chi connectivity index (χ0v) is 16.8. The molecule has 0 N–H and O–H groups in total. The number of carbonyl (C=O) groups excluding carboxylic acids is 1. The average Bonchev–Trinajstić information content (AvgIpc) is 3.23. The summed E-state index contributed by atoms with van der Waals surface area (Å²) in [7, 11) is 1.67. The molecule has 1 fully saturated rings. The van der Waals surface area contributed by atoms with Gasteiger partial charge in [-0.05, 0) is 37.5 Å². The van der Waals surface area contributed by atoms with Crippen molar-refractivity contribution in [2.24, 2.45) is 0 Å². The van der Waals surface area contributed by atoms with Crippen LogP contribution in [-0.4, -0.2) is 41.0 Å². The lowest BCUT2D eigenvalue weighted by Gasteiger charge is -2.31. The number of carbonyl (C=O) groups is 1. The maximum Gasteiger partial charge on any atom is 0.272 e. The van der Waals surface area contributed by atoms with Crippen LogP contribution in [0.1, 0.15) is 52.0 Å². The second-order valence-corrected chi connectivity index (χ2v) is 7.41. The number of nitrogens with zero attached hydrogens (tertiary/aromatic N) is 3. The van der Waals surface area contributed by atoms with Gasteiger partial charge in [0.05, 0.1) is 19.2 Å². The van der Waals surface area contributed by atoms with E-state index in [4.69, 9.17) is 9.15 Å². The van der Waals surface area contributed by atoms with Gasteiger partial charge < -0.3 is 14.1 Å². The fourth-order valence-corrected chi connectivity index (χ4v) is 3.85. The Balaban J connectivity index is 1.47. The summed E-state index contributed by atoms with van der Waals surface area (Å²) in [6, 6.07) is 11.7. The van der Waals surface area contributed by atoms with Gasteiger partial charge in [-0.25, -0.2) is 4.98 Å². The summed E-state index contributed by atoms with van der Waals surface area (Å²) >= 11 is 0. The molecule has 1 aliphatic heterocycles. The Labute approximate surface area is 170 Å². The largest absolute Gasteiger partial charge is 0.496 e. The predicted octanol–water partition coefficient (Wildman–Crippen LogP) is 4.00. The van der Waals surface area contributed by atoms with E-state index in [9.17, 15) is 4.79 Å². The first-order valence-electron chi connectivity index (χ1n) is 9.93. The molecule has 4 rings (SSSR count). The van der Waals surface area contributed by atoms with Gasteiger partial charge in [0, 0.05) is 31.3 Å². The van der Waals surface area contributed by atoms with Crippen molar-refractivity contribution >= 4 is 5.91 Å². The number of likely N-dealkylation sites (tertiary alicyclic amines) is 1. The fourth-order valence-electron chi connectivity index (χ4n) is 3.85. The van der Waals surface area contributed by atoms with Gasteiger partial charge in [0.25, 0.3) is 5.91 Å². The summed E-state index contributed by atoms with van der Waals surface area (Å²) < 4.78 is 11.5. The highest BCUT2D eigenvalue weighted by molar-refractivity contribution is 5.93. The maximum absolute atomic E-state index is 12.9. The number of oxazole rings is 1. The van der Waals surface area contributed by atoms with Crippen molar-refractivity contribution in [1.82, 2.24) is 14.9 Å². The number of methoxy groups -OCH3 is 1. The van der Waals surface area contributed by atoms with E-state index in [1.54, 1.807) is 19.5 Å². The molecule has 0 spiro atoms. The van der Waals surface area contributed by atoms with Crippen LogP contribution >= 0.6 is 0 Å².